The molecule has 2 aromatic rings. The number of ether oxygens (including phenoxy) is 4. The SMILES string of the molecule is CC(C)(CO)C(=O)O.COc1ccc(COC(=O)C(C)(C)C=O)cc1.COc1ccc(COC(=O)C(C)(C)CO)cc1. The van der Waals surface area contributed by atoms with Crippen LogP contribution in [0.15, 0.2) is 48.5 Å². The lowest BCUT2D eigenvalue weighted by Gasteiger charge is -2.19. The average molecular weight is 593 g/mol. The molecule has 0 saturated carbocycles. The van der Waals surface area contributed by atoms with E-state index in [0.717, 1.165) is 22.6 Å². The van der Waals surface area contributed by atoms with Crippen LogP contribution in [0.25, 0.3) is 0 Å². The number of carbonyl (C=O) groups is 4. The largest absolute Gasteiger partial charge is 0.497 e. The third-order valence-electron chi connectivity index (χ3n) is 5.80. The van der Waals surface area contributed by atoms with E-state index in [4.69, 9.17) is 34.3 Å². The summed E-state index contributed by atoms with van der Waals surface area (Å²) >= 11 is 0. The zero-order valence-corrected chi connectivity index (χ0v) is 25.6. The second kappa shape index (κ2) is 17.8. The van der Waals surface area contributed by atoms with Crippen molar-refractivity contribution in [1.29, 1.82) is 0 Å². The van der Waals surface area contributed by atoms with Crippen molar-refractivity contribution in [3.8, 4) is 11.5 Å². The van der Waals surface area contributed by atoms with Gasteiger partial charge in [-0.05, 0) is 76.9 Å². The molecule has 3 N–H and O–H groups in total. The maximum atomic E-state index is 11.6. The van der Waals surface area contributed by atoms with Crippen molar-refractivity contribution in [2.45, 2.75) is 54.8 Å². The van der Waals surface area contributed by atoms with Crippen molar-refractivity contribution in [3.63, 3.8) is 0 Å². The lowest BCUT2D eigenvalue weighted by atomic mass is 9.95. The summed E-state index contributed by atoms with van der Waals surface area (Å²) in [6.45, 7) is 9.08. The fourth-order valence-corrected chi connectivity index (χ4v) is 2.30. The molecule has 234 valence electrons. The molecular weight excluding hydrogens is 548 g/mol. The van der Waals surface area contributed by atoms with Gasteiger partial charge in [-0.15, -0.1) is 0 Å². The van der Waals surface area contributed by atoms with Crippen molar-refractivity contribution in [2.75, 3.05) is 27.4 Å². The van der Waals surface area contributed by atoms with E-state index in [1.165, 1.54) is 27.7 Å². The number of carboxylic acids is 1. The second-order valence-electron chi connectivity index (χ2n) is 11.1. The number of hydrogen-bond acceptors (Lipinski definition) is 10. The van der Waals surface area contributed by atoms with Gasteiger partial charge in [-0.1, -0.05) is 24.3 Å². The van der Waals surface area contributed by atoms with E-state index in [-0.39, 0.29) is 26.4 Å². The lowest BCUT2D eigenvalue weighted by molar-refractivity contribution is -0.158. The van der Waals surface area contributed by atoms with Gasteiger partial charge in [-0.25, -0.2) is 0 Å². The van der Waals surface area contributed by atoms with E-state index in [2.05, 4.69) is 0 Å². The van der Waals surface area contributed by atoms with Crippen LogP contribution in [0.2, 0.25) is 0 Å². The number of hydrogen-bond donors (Lipinski definition) is 3. The van der Waals surface area contributed by atoms with Crippen LogP contribution in [-0.4, -0.2) is 66.9 Å². The fraction of sp³-hybridized carbons (Fsp3) is 0.484. The topological polar surface area (TPSA) is 166 Å². The summed E-state index contributed by atoms with van der Waals surface area (Å²) in [6, 6.07) is 14.5. The lowest BCUT2D eigenvalue weighted by Crippen LogP contribution is -2.30. The Morgan fingerprint density at radius 3 is 1.29 bits per heavy atom. The van der Waals surface area contributed by atoms with Crippen LogP contribution in [0.5, 0.6) is 11.5 Å². The quantitative estimate of drug-likeness (QED) is 0.186. The molecule has 2 rings (SSSR count). The molecular formula is C31H44O11. The van der Waals surface area contributed by atoms with E-state index in [1.807, 2.05) is 12.1 Å². The molecule has 0 spiro atoms. The van der Waals surface area contributed by atoms with Crippen LogP contribution in [0.4, 0.5) is 0 Å². The molecule has 11 nitrogen and oxygen atoms in total. The molecule has 0 aliphatic rings. The smallest absolute Gasteiger partial charge is 0.319 e. The van der Waals surface area contributed by atoms with Gasteiger partial charge in [0.2, 0.25) is 0 Å². The first-order chi connectivity index (χ1) is 19.5. The average Bonchev–Trinajstić information content (AvgIpc) is 2.99. The maximum Gasteiger partial charge on any atom is 0.319 e. The number of rotatable bonds is 12. The summed E-state index contributed by atoms with van der Waals surface area (Å²) in [7, 11) is 3.18. The van der Waals surface area contributed by atoms with E-state index in [1.54, 1.807) is 64.5 Å². The summed E-state index contributed by atoms with van der Waals surface area (Å²) in [5, 5.41) is 25.7. The van der Waals surface area contributed by atoms with Gasteiger partial charge in [0.1, 0.15) is 36.4 Å². The Balaban J connectivity index is 0.000000642. The van der Waals surface area contributed by atoms with Gasteiger partial charge in [-0.2, -0.15) is 0 Å². The van der Waals surface area contributed by atoms with E-state index >= 15 is 0 Å². The molecule has 0 unspecified atom stereocenters. The minimum Gasteiger partial charge on any atom is -0.497 e. The minimum atomic E-state index is -1.09. The minimum absolute atomic E-state index is 0.153. The first-order valence-corrected chi connectivity index (χ1v) is 13.0. The van der Waals surface area contributed by atoms with Crippen LogP contribution >= 0.6 is 0 Å². The van der Waals surface area contributed by atoms with Crippen molar-refractivity contribution in [2.24, 2.45) is 16.2 Å². The van der Waals surface area contributed by atoms with E-state index in [9.17, 15) is 19.2 Å². The first-order valence-electron chi connectivity index (χ1n) is 13.0. The van der Waals surface area contributed by atoms with Gasteiger partial charge < -0.3 is 39.1 Å². The molecule has 0 heterocycles. The third kappa shape index (κ3) is 13.6. The van der Waals surface area contributed by atoms with Crippen LogP contribution in [0, 0.1) is 16.2 Å². The highest BCUT2D eigenvalue weighted by Gasteiger charge is 2.29. The van der Waals surface area contributed by atoms with Crippen molar-refractivity contribution >= 4 is 24.2 Å². The van der Waals surface area contributed by atoms with Crippen LogP contribution in [-0.2, 0) is 41.9 Å². The van der Waals surface area contributed by atoms with Gasteiger partial charge >= 0.3 is 17.9 Å². The van der Waals surface area contributed by atoms with Crippen molar-refractivity contribution < 1.29 is 53.4 Å². The molecule has 0 aromatic heterocycles. The number of benzene rings is 2. The molecule has 0 bridgehead atoms. The third-order valence-corrected chi connectivity index (χ3v) is 5.80. The molecule has 11 heteroatoms. The van der Waals surface area contributed by atoms with Gasteiger partial charge in [-0.3, -0.25) is 14.4 Å². The molecule has 2 aromatic carbocycles. The Bertz CT molecular complexity index is 1120. The van der Waals surface area contributed by atoms with E-state index in [0.29, 0.717) is 6.29 Å². The number of aldehydes is 1. The molecule has 0 radical (unpaired) electrons. The number of aliphatic carboxylic acids is 1. The Hall–Kier alpha value is -3.96. The van der Waals surface area contributed by atoms with Gasteiger partial charge in [0, 0.05) is 0 Å². The molecule has 42 heavy (non-hydrogen) atoms. The zero-order chi connectivity index (χ0) is 32.6. The Kier molecular flexibility index (Phi) is 16.1. The number of aliphatic hydroxyl groups excluding tert-OH is 2. The van der Waals surface area contributed by atoms with Gasteiger partial charge in [0.25, 0.3) is 0 Å². The van der Waals surface area contributed by atoms with Crippen molar-refractivity contribution in [3.05, 3.63) is 59.7 Å². The van der Waals surface area contributed by atoms with Gasteiger partial charge in [0.05, 0.1) is 38.3 Å². The highest BCUT2D eigenvalue weighted by Crippen LogP contribution is 2.19. The van der Waals surface area contributed by atoms with Gasteiger partial charge in [0.15, 0.2) is 0 Å². The summed E-state index contributed by atoms with van der Waals surface area (Å²) in [6.07, 6.45) is 0.587. The maximum absolute atomic E-state index is 11.6. The summed E-state index contributed by atoms with van der Waals surface area (Å²) < 4.78 is 20.2. The normalized spacial score (nSPS) is 11.0. The van der Waals surface area contributed by atoms with Crippen LogP contribution in [0.1, 0.15) is 52.7 Å². The number of aliphatic hydroxyl groups is 2. The predicted molar refractivity (Wildman–Crippen MR) is 155 cm³/mol. The number of esters is 2. The Morgan fingerprint density at radius 1 is 0.667 bits per heavy atom. The first kappa shape index (κ1) is 38.0. The zero-order valence-electron chi connectivity index (χ0n) is 25.6. The molecule has 0 aliphatic carbocycles. The molecule has 0 aliphatic heterocycles. The molecule has 0 saturated heterocycles. The van der Waals surface area contributed by atoms with E-state index < -0.39 is 34.2 Å². The summed E-state index contributed by atoms with van der Waals surface area (Å²) in [5.41, 5.74) is -1.20. The second-order valence-corrected chi connectivity index (χ2v) is 11.1. The number of carbonyl (C=O) groups excluding carboxylic acids is 3. The standard InChI is InChI=1S/C13H18O4.C13H16O4.C5H10O3/c2*1-13(2,9-14)12(15)17-8-10-4-6-11(16-3)7-5-10;1-5(2,3-6)4(7)8/h4-7,14H,8-9H2,1-3H3;4-7,9H,8H2,1-3H3;6H,3H2,1-2H3,(H,7,8). The highest BCUT2D eigenvalue weighted by atomic mass is 16.5. The number of carboxylic acid groups (broad SMARTS) is 1. The molecule has 0 atom stereocenters. The Morgan fingerprint density at radius 2 is 1.02 bits per heavy atom. The van der Waals surface area contributed by atoms with Crippen LogP contribution in [0.3, 0.4) is 0 Å². The fourth-order valence-electron chi connectivity index (χ4n) is 2.30. The van der Waals surface area contributed by atoms with Crippen LogP contribution < -0.4 is 9.47 Å². The Labute approximate surface area is 247 Å². The molecule has 0 amide bonds. The monoisotopic (exact) mass is 592 g/mol. The summed E-state index contributed by atoms with van der Waals surface area (Å²) in [5.74, 6) is -0.400. The van der Waals surface area contributed by atoms with Crippen molar-refractivity contribution in [1.82, 2.24) is 0 Å². The summed E-state index contributed by atoms with van der Waals surface area (Å²) in [4.78, 5) is 43.8. The molecule has 0 fully saturated rings. The predicted octanol–water partition coefficient (Wildman–Crippen LogP) is 3.81. The number of methoxy groups -OCH3 is 2. The highest BCUT2D eigenvalue weighted by molar-refractivity contribution is 5.92.